The Hall–Kier alpha value is -3.22. The molecule has 0 aliphatic carbocycles. The van der Waals surface area contributed by atoms with Gasteiger partial charge in [0, 0.05) is 18.7 Å². The van der Waals surface area contributed by atoms with Gasteiger partial charge in [0.1, 0.15) is 5.75 Å². The lowest BCUT2D eigenvalue weighted by molar-refractivity contribution is -0.123. The summed E-state index contributed by atoms with van der Waals surface area (Å²) < 4.78 is 16.1. The van der Waals surface area contributed by atoms with Gasteiger partial charge in [-0.2, -0.15) is 0 Å². The molecule has 2 amide bonds. The molecule has 2 N–H and O–H groups in total. The fourth-order valence-electron chi connectivity index (χ4n) is 3.03. The largest absolute Gasteiger partial charge is 0.493 e. The summed E-state index contributed by atoms with van der Waals surface area (Å²) in [6, 6.07) is 11.1. The Kier molecular flexibility index (Phi) is 6.37. The van der Waals surface area contributed by atoms with E-state index >= 15 is 0 Å². The highest BCUT2D eigenvalue weighted by molar-refractivity contribution is 5.94. The van der Waals surface area contributed by atoms with Gasteiger partial charge < -0.3 is 24.8 Å². The number of hydrogen-bond acceptors (Lipinski definition) is 5. The fraction of sp³-hybridized carbons (Fsp3) is 0.333. The van der Waals surface area contributed by atoms with E-state index < -0.39 is 0 Å². The number of methoxy groups -OCH3 is 2. The number of carbonyl (C=O) groups excluding carboxylic acids is 2. The maximum atomic E-state index is 12.0. The van der Waals surface area contributed by atoms with Crippen molar-refractivity contribution in [2.75, 3.05) is 32.7 Å². The standard InChI is InChI=1S/C21H24N2O5/c1-26-18-7-3-14(11-19(18)27-2)9-10-22-21(25)13-28-16-5-6-17-15(12-16)4-8-20(24)23-17/h3,5-7,11-12H,4,8-10,13H2,1-2H3,(H,22,25)(H,23,24). The number of benzene rings is 2. The molecule has 0 bridgehead atoms. The van der Waals surface area contributed by atoms with Crippen molar-refractivity contribution in [3.8, 4) is 17.2 Å². The first kappa shape index (κ1) is 19.5. The minimum Gasteiger partial charge on any atom is -0.493 e. The highest BCUT2D eigenvalue weighted by atomic mass is 16.5. The van der Waals surface area contributed by atoms with Crippen LogP contribution < -0.4 is 24.8 Å². The van der Waals surface area contributed by atoms with E-state index in [4.69, 9.17) is 14.2 Å². The molecule has 1 heterocycles. The predicted octanol–water partition coefficient (Wildman–Crippen LogP) is 2.33. The fourth-order valence-corrected chi connectivity index (χ4v) is 3.03. The minimum atomic E-state index is -0.188. The molecule has 28 heavy (non-hydrogen) atoms. The Labute approximate surface area is 164 Å². The van der Waals surface area contributed by atoms with Crippen molar-refractivity contribution in [1.29, 1.82) is 0 Å². The smallest absolute Gasteiger partial charge is 0.257 e. The van der Waals surface area contributed by atoms with Crippen molar-refractivity contribution in [2.45, 2.75) is 19.3 Å². The first-order chi connectivity index (χ1) is 13.6. The molecule has 3 rings (SSSR count). The van der Waals surface area contributed by atoms with Crippen LogP contribution in [0.25, 0.3) is 0 Å². The van der Waals surface area contributed by atoms with E-state index in [1.807, 2.05) is 24.3 Å². The van der Waals surface area contributed by atoms with Crippen molar-refractivity contribution in [3.63, 3.8) is 0 Å². The lowest BCUT2D eigenvalue weighted by Crippen LogP contribution is -2.30. The van der Waals surface area contributed by atoms with E-state index in [1.54, 1.807) is 26.4 Å². The van der Waals surface area contributed by atoms with Crippen LogP contribution in [0.15, 0.2) is 36.4 Å². The molecule has 0 saturated heterocycles. The molecule has 0 atom stereocenters. The first-order valence-corrected chi connectivity index (χ1v) is 9.12. The van der Waals surface area contributed by atoms with Gasteiger partial charge >= 0.3 is 0 Å². The molecule has 2 aromatic rings. The van der Waals surface area contributed by atoms with Gasteiger partial charge in [-0.1, -0.05) is 6.07 Å². The quantitative estimate of drug-likeness (QED) is 0.730. The molecule has 0 saturated carbocycles. The van der Waals surface area contributed by atoms with Gasteiger partial charge in [-0.15, -0.1) is 0 Å². The maximum Gasteiger partial charge on any atom is 0.257 e. The van der Waals surface area contributed by atoms with Crippen LogP contribution in [-0.4, -0.2) is 39.2 Å². The van der Waals surface area contributed by atoms with E-state index in [0.29, 0.717) is 43.1 Å². The second-order valence-electron chi connectivity index (χ2n) is 6.45. The zero-order valence-electron chi connectivity index (χ0n) is 16.0. The average molecular weight is 384 g/mol. The third-order valence-electron chi connectivity index (χ3n) is 4.53. The predicted molar refractivity (Wildman–Crippen MR) is 105 cm³/mol. The number of nitrogens with one attached hydrogen (secondary N) is 2. The molecule has 7 heteroatoms. The number of rotatable bonds is 8. The molecular weight excluding hydrogens is 360 g/mol. The molecule has 0 aromatic heterocycles. The lowest BCUT2D eigenvalue weighted by atomic mass is 10.0. The number of ether oxygens (including phenoxy) is 3. The molecule has 1 aliphatic rings. The Bertz CT molecular complexity index is 866. The highest BCUT2D eigenvalue weighted by Gasteiger charge is 2.15. The lowest BCUT2D eigenvalue weighted by Gasteiger charge is -2.17. The molecule has 2 aromatic carbocycles. The molecule has 0 spiro atoms. The van der Waals surface area contributed by atoms with Crippen LogP contribution in [0, 0.1) is 0 Å². The van der Waals surface area contributed by atoms with E-state index in [-0.39, 0.29) is 18.4 Å². The van der Waals surface area contributed by atoms with Gasteiger partial charge in [0.05, 0.1) is 14.2 Å². The highest BCUT2D eigenvalue weighted by Crippen LogP contribution is 2.28. The minimum absolute atomic E-state index is 0.0232. The van der Waals surface area contributed by atoms with Gasteiger partial charge in [0.15, 0.2) is 18.1 Å². The number of fused-ring (bicyclic) bond motifs is 1. The van der Waals surface area contributed by atoms with E-state index in [2.05, 4.69) is 10.6 Å². The summed E-state index contributed by atoms with van der Waals surface area (Å²) in [6.45, 7) is 0.435. The van der Waals surface area contributed by atoms with E-state index in [0.717, 1.165) is 16.8 Å². The number of hydrogen-bond donors (Lipinski definition) is 2. The van der Waals surface area contributed by atoms with Crippen LogP contribution in [0.1, 0.15) is 17.5 Å². The summed E-state index contributed by atoms with van der Waals surface area (Å²) in [5, 5.41) is 5.66. The molecule has 0 radical (unpaired) electrons. The van der Waals surface area contributed by atoms with Crippen molar-refractivity contribution in [2.24, 2.45) is 0 Å². The number of aryl methyl sites for hydroxylation is 1. The zero-order chi connectivity index (χ0) is 19.9. The van der Waals surface area contributed by atoms with Gasteiger partial charge in [-0.05, 0) is 54.3 Å². The molecule has 148 valence electrons. The Morgan fingerprint density at radius 1 is 1.07 bits per heavy atom. The topological polar surface area (TPSA) is 85.9 Å². The Morgan fingerprint density at radius 3 is 2.68 bits per heavy atom. The summed E-state index contributed by atoms with van der Waals surface area (Å²) in [7, 11) is 3.19. The summed E-state index contributed by atoms with van der Waals surface area (Å²) >= 11 is 0. The van der Waals surface area contributed by atoms with Crippen LogP contribution in [0.3, 0.4) is 0 Å². The monoisotopic (exact) mass is 384 g/mol. The zero-order valence-corrected chi connectivity index (χ0v) is 16.0. The summed E-state index contributed by atoms with van der Waals surface area (Å²) in [5.41, 5.74) is 2.87. The molecule has 7 nitrogen and oxygen atoms in total. The van der Waals surface area contributed by atoms with Gasteiger partial charge in [0.25, 0.3) is 5.91 Å². The first-order valence-electron chi connectivity index (χ1n) is 9.12. The SMILES string of the molecule is COc1ccc(CCNC(=O)COc2ccc3c(c2)CCC(=O)N3)cc1OC. The van der Waals surface area contributed by atoms with Gasteiger partial charge in [0.2, 0.25) is 5.91 Å². The second-order valence-corrected chi connectivity index (χ2v) is 6.45. The summed E-state index contributed by atoms with van der Waals surface area (Å²) in [6.07, 6.45) is 1.81. The molecule has 0 fully saturated rings. The van der Waals surface area contributed by atoms with Crippen molar-refractivity contribution < 1.29 is 23.8 Å². The summed E-state index contributed by atoms with van der Waals surface area (Å²) in [4.78, 5) is 23.4. The molecular formula is C21H24N2O5. The van der Waals surface area contributed by atoms with Gasteiger partial charge in [-0.3, -0.25) is 9.59 Å². The van der Waals surface area contributed by atoms with Crippen molar-refractivity contribution >= 4 is 17.5 Å². The molecule has 1 aliphatic heterocycles. The third kappa shape index (κ3) is 4.94. The Morgan fingerprint density at radius 2 is 1.89 bits per heavy atom. The number of anilines is 1. The number of carbonyl (C=O) groups is 2. The van der Waals surface area contributed by atoms with Crippen molar-refractivity contribution in [1.82, 2.24) is 5.32 Å². The van der Waals surface area contributed by atoms with Crippen LogP contribution in [0.5, 0.6) is 17.2 Å². The third-order valence-corrected chi connectivity index (χ3v) is 4.53. The van der Waals surface area contributed by atoms with Crippen LogP contribution in [0.4, 0.5) is 5.69 Å². The molecule has 0 unspecified atom stereocenters. The maximum absolute atomic E-state index is 12.0. The summed E-state index contributed by atoms with van der Waals surface area (Å²) in [5.74, 6) is 1.79. The van der Waals surface area contributed by atoms with E-state index in [1.165, 1.54) is 0 Å². The van der Waals surface area contributed by atoms with Crippen LogP contribution in [0.2, 0.25) is 0 Å². The Balaban J connectivity index is 1.44. The van der Waals surface area contributed by atoms with Crippen LogP contribution in [-0.2, 0) is 22.4 Å². The number of amides is 2. The van der Waals surface area contributed by atoms with E-state index in [9.17, 15) is 9.59 Å². The van der Waals surface area contributed by atoms with Gasteiger partial charge in [-0.25, -0.2) is 0 Å². The van der Waals surface area contributed by atoms with Crippen LogP contribution >= 0.6 is 0 Å². The normalized spacial score (nSPS) is 12.6. The second kappa shape index (κ2) is 9.12. The van der Waals surface area contributed by atoms with Crippen molar-refractivity contribution in [3.05, 3.63) is 47.5 Å². The average Bonchev–Trinajstić information content (AvgIpc) is 2.72.